The highest BCUT2D eigenvalue weighted by Gasteiger charge is 2.36. The number of ether oxygens (including phenoxy) is 1. The van der Waals surface area contributed by atoms with Crippen LogP contribution in [0.3, 0.4) is 0 Å². The Morgan fingerprint density at radius 2 is 1.77 bits per heavy atom. The number of nitrogens with zero attached hydrogens (tertiary/aromatic N) is 1. The number of H-pyrrole nitrogens is 2. The number of methoxy groups -OCH3 is 1. The number of Topliss-reactive ketones (excluding diaryl/α,β-unsaturated/α-hetero) is 1. The number of thioether (sulfide) groups is 1. The van der Waals surface area contributed by atoms with E-state index in [0.29, 0.717) is 22.9 Å². The maximum atomic E-state index is 14.0. The molecule has 2 aliphatic rings. The number of rotatable bonds is 11. The largest absolute Gasteiger partial charge is 0.496 e. The van der Waals surface area contributed by atoms with Gasteiger partial charge in [-0.05, 0) is 42.2 Å². The minimum Gasteiger partial charge on any atom is -0.496 e. The van der Waals surface area contributed by atoms with Gasteiger partial charge in [-0.25, -0.2) is 0 Å². The summed E-state index contributed by atoms with van der Waals surface area (Å²) < 4.78 is 5.43. The predicted octanol–water partition coefficient (Wildman–Crippen LogP) is 5.11. The number of nitrogens with one attached hydrogen (secondary N) is 4. The molecule has 0 saturated heterocycles. The fourth-order valence-electron chi connectivity index (χ4n) is 5.73. The zero-order valence-electron chi connectivity index (χ0n) is 24.8. The second-order valence-corrected chi connectivity index (χ2v) is 12.7. The summed E-state index contributed by atoms with van der Waals surface area (Å²) in [5.74, 6) is -0.316. The lowest BCUT2D eigenvalue weighted by Crippen LogP contribution is -2.53. The third-order valence-electron chi connectivity index (χ3n) is 7.93. The third-order valence-corrected chi connectivity index (χ3v) is 9.17. The fourth-order valence-corrected chi connectivity index (χ4v) is 6.89. The van der Waals surface area contributed by atoms with Gasteiger partial charge in [0, 0.05) is 34.4 Å². The molecule has 4 N–H and O–H groups in total. The molecule has 0 radical (unpaired) electrons. The quantitative estimate of drug-likeness (QED) is 0.188. The smallest absolute Gasteiger partial charge is 0.268 e. The molecule has 2 amide bonds. The number of carbonyl (C=O) groups is 3. The highest BCUT2D eigenvalue weighted by Crippen LogP contribution is 2.32. The highest BCUT2D eigenvalue weighted by atomic mass is 32.2. The first-order valence-electron chi connectivity index (χ1n) is 14.8. The maximum absolute atomic E-state index is 14.0. The molecule has 3 heterocycles. The number of ketones is 1. The summed E-state index contributed by atoms with van der Waals surface area (Å²) >= 11 is 1.43. The molecule has 2 aromatic heterocycles. The number of hydrogen-bond acceptors (Lipinski definition) is 6. The average Bonchev–Trinajstić information content (AvgIpc) is 3.76. The van der Waals surface area contributed by atoms with E-state index in [2.05, 4.69) is 20.6 Å². The van der Waals surface area contributed by atoms with Gasteiger partial charge in [-0.2, -0.15) is 0 Å². The fraction of sp³-hybridized carbons (Fsp3) is 0.294. The zero-order valence-corrected chi connectivity index (χ0v) is 25.6. The number of aromatic amines is 2. The topological polar surface area (TPSA) is 128 Å². The van der Waals surface area contributed by atoms with Crippen LogP contribution in [-0.2, 0) is 16.0 Å². The number of carbonyl (C=O) groups excluding carboxylic acids is 3. The van der Waals surface area contributed by atoms with Crippen molar-refractivity contribution in [3.63, 3.8) is 0 Å². The summed E-state index contributed by atoms with van der Waals surface area (Å²) in [5.41, 5.74) is 2.94. The van der Waals surface area contributed by atoms with Crippen molar-refractivity contribution in [2.75, 3.05) is 7.11 Å². The Morgan fingerprint density at radius 1 is 0.977 bits per heavy atom. The lowest BCUT2D eigenvalue weighted by molar-refractivity contribution is -0.127. The normalized spacial score (nSPS) is 18.7. The molecule has 226 valence electrons. The molecule has 0 saturated carbocycles. The Kier molecular flexibility index (Phi) is 8.43. The van der Waals surface area contributed by atoms with Crippen molar-refractivity contribution < 1.29 is 19.1 Å². The average molecular weight is 610 g/mol. The third kappa shape index (κ3) is 6.07. The molecule has 0 bridgehead atoms. The molecule has 4 atom stereocenters. The maximum Gasteiger partial charge on any atom is 0.268 e. The summed E-state index contributed by atoms with van der Waals surface area (Å²) in [6, 6.07) is 13.3. The summed E-state index contributed by atoms with van der Waals surface area (Å²) in [7, 11) is 1.58. The van der Waals surface area contributed by atoms with E-state index in [1.54, 1.807) is 13.2 Å². The van der Waals surface area contributed by atoms with E-state index in [1.165, 1.54) is 11.8 Å². The Hall–Kier alpha value is -4.57. The second kappa shape index (κ2) is 12.6. The number of aliphatic imine (C=N–C) groups is 1. The van der Waals surface area contributed by atoms with E-state index in [9.17, 15) is 14.4 Å². The summed E-state index contributed by atoms with van der Waals surface area (Å²) in [6.07, 6.45) is 10.5. The van der Waals surface area contributed by atoms with Crippen LogP contribution in [0.2, 0.25) is 0 Å². The van der Waals surface area contributed by atoms with Gasteiger partial charge in [0.2, 0.25) is 11.7 Å². The number of para-hydroxylation sites is 1. The molecular weight excluding hydrogens is 574 g/mol. The molecule has 44 heavy (non-hydrogen) atoms. The van der Waals surface area contributed by atoms with Crippen LogP contribution in [0.25, 0.3) is 21.8 Å². The van der Waals surface area contributed by atoms with Crippen LogP contribution < -0.4 is 15.4 Å². The van der Waals surface area contributed by atoms with Crippen molar-refractivity contribution in [2.24, 2.45) is 10.9 Å². The number of allylic oxidation sites excluding steroid dienone is 2. The second-order valence-electron chi connectivity index (χ2n) is 11.5. The van der Waals surface area contributed by atoms with Crippen LogP contribution in [0.15, 0.2) is 84.0 Å². The first-order valence-corrected chi connectivity index (χ1v) is 15.6. The number of benzene rings is 2. The van der Waals surface area contributed by atoms with Crippen LogP contribution in [0, 0.1) is 5.92 Å². The van der Waals surface area contributed by atoms with Gasteiger partial charge in [-0.1, -0.05) is 74.2 Å². The lowest BCUT2D eigenvalue weighted by Gasteiger charge is -2.24. The van der Waals surface area contributed by atoms with Gasteiger partial charge < -0.3 is 25.3 Å². The first kappa shape index (κ1) is 29.5. The van der Waals surface area contributed by atoms with Gasteiger partial charge in [0.05, 0.1) is 24.4 Å². The van der Waals surface area contributed by atoms with Crippen molar-refractivity contribution in [3.05, 3.63) is 90.3 Å². The van der Waals surface area contributed by atoms with Gasteiger partial charge in [-0.15, -0.1) is 0 Å². The van der Waals surface area contributed by atoms with Crippen molar-refractivity contribution in [1.29, 1.82) is 0 Å². The number of fused-ring (bicyclic) bond motifs is 3. The highest BCUT2D eigenvalue weighted by molar-refractivity contribution is 8.16. The van der Waals surface area contributed by atoms with E-state index in [4.69, 9.17) is 9.73 Å². The van der Waals surface area contributed by atoms with Gasteiger partial charge in [0.15, 0.2) is 0 Å². The number of amides is 2. The molecule has 1 aliphatic heterocycles. The molecule has 6 rings (SSSR count). The van der Waals surface area contributed by atoms with Crippen LogP contribution in [-0.4, -0.2) is 63.1 Å². The molecule has 2 aromatic carbocycles. The van der Waals surface area contributed by atoms with E-state index >= 15 is 0 Å². The van der Waals surface area contributed by atoms with E-state index in [-0.39, 0.29) is 29.4 Å². The molecule has 4 aromatic rings. The molecule has 10 heteroatoms. The molecule has 0 fully saturated rings. The molecule has 9 nitrogen and oxygen atoms in total. The summed E-state index contributed by atoms with van der Waals surface area (Å²) in [4.78, 5) is 52.4. The number of hydrogen-bond donors (Lipinski definition) is 4. The van der Waals surface area contributed by atoms with Crippen LogP contribution >= 0.6 is 11.8 Å². The van der Waals surface area contributed by atoms with Crippen LogP contribution in [0.4, 0.5) is 0 Å². The van der Waals surface area contributed by atoms with Crippen molar-refractivity contribution >= 4 is 56.2 Å². The van der Waals surface area contributed by atoms with Crippen LogP contribution in [0.1, 0.15) is 36.3 Å². The summed E-state index contributed by atoms with van der Waals surface area (Å²) in [5, 5.41) is 8.14. The standard InChI is InChI=1S/C34H35N5O4S/c1-19(2)15-27(38-33(42)28-17-22-24(36-28)12-8-13-29(22)43-3)32(41)37-26(16-20-18-35-23-10-5-4-9-21(20)23)31(40)34-39-25-11-6-7-14-30(25)44-34/h4-14,17-19,25-27,30,35-36H,15-16H2,1-3H3,(H,37,41)(H,38,42)/t25?,26-,27-,30?/m0/s1. The SMILES string of the molecule is COc1cccc2[nH]c(C(=O)N[C@@H](CC(C)C)C(=O)N[C@@H](Cc3c[nH]c4ccccc34)C(=O)C3=NC4C=CC=CC4S3)cc12. The van der Waals surface area contributed by atoms with Gasteiger partial charge in [-0.3, -0.25) is 19.4 Å². The van der Waals surface area contributed by atoms with Gasteiger partial charge in [0.25, 0.3) is 5.91 Å². The van der Waals surface area contributed by atoms with Crippen LogP contribution in [0.5, 0.6) is 5.75 Å². The minimum absolute atomic E-state index is 0.0614. The minimum atomic E-state index is -0.870. The van der Waals surface area contributed by atoms with Gasteiger partial charge in [0.1, 0.15) is 22.5 Å². The lowest BCUT2D eigenvalue weighted by atomic mass is 9.99. The van der Waals surface area contributed by atoms with Crippen molar-refractivity contribution in [3.8, 4) is 5.75 Å². The zero-order chi connectivity index (χ0) is 30.8. The molecule has 2 unspecified atom stereocenters. The monoisotopic (exact) mass is 609 g/mol. The Labute approximate surface area is 259 Å². The Bertz CT molecular complexity index is 1820. The molecule has 0 spiro atoms. The summed E-state index contributed by atoms with van der Waals surface area (Å²) in [6.45, 7) is 3.98. The van der Waals surface area contributed by atoms with Crippen molar-refractivity contribution in [2.45, 2.75) is 50.1 Å². The van der Waals surface area contributed by atoms with E-state index in [1.807, 2.05) is 86.8 Å². The molecular formula is C34H35N5O4S. The predicted molar refractivity (Wildman–Crippen MR) is 175 cm³/mol. The van der Waals surface area contributed by atoms with Gasteiger partial charge >= 0.3 is 0 Å². The number of aromatic nitrogens is 2. The first-order chi connectivity index (χ1) is 21.3. The van der Waals surface area contributed by atoms with Crippen molar-refractivity contribution in [1.82, 2.24) is 20.6 Å². The Morgan fingerprint density at radius 3 is 2.57 bits per heavy atom. The molecule has 1 aliphatic carbocycles. The van der Waals surface area contributed by atoms with E-state index in [0.717, 1.165) is 27.4 Å². The Balaban J connectivity index is 1.25. The van der Waals surface area contributed by atoms with E-state index < -0.39 is 23.9 Å².